The van der Waals surface area contributed by atoms with E-state index in [4.69, 9.17) is 0 Å². The molecule has 1 N–H and O–H groups in total. The molecule has 0 unspecified atom stereocenters. The normalized spacial score (nSPS) is 11.3. The van der Waals surface area contributed by atoms with Crippen molar-refractivity contribution >= 4 is 5.69 Å². The molecular weight excluding hydrogens is 262 g/mol. The van der Waals surface area contributed by atoms with Crippen molar-refractivity contribution in [1.82, 2.24) is 19.6 Å². The lowest BCUT2D eigenvalue weighted by atomic mass is 10.2. The molecule has 0 aliphatic heterocycles. The molecule has 2 rings (SSSR count). The topological polar surface area (TPSA) is 47.7 Å². The van der Waals surface area contributed by atoms with E-state index in [-0.39, 0.29) is 0 Å². The summed E-state index contributed by atoms with van der Waals surface area (Å²) < 4.78 is 4.05. The predicted octanol–water partition coefficient (Wildman–Crippen LogP) is 3.37. The van der Waals surface area contributed by atoms with Crippen LogP contribution in [0.2, 0.25) is 0 Å². The molecule has 0 saturated heterocycles. The second-order valence-corrected chi connectivity index (χ2v) is 6.10. The average molecular weight is 289 g/mol. The Hall–Kier alpha value is -1.78. The quantitative estimate of drug-likeness (QED) is 0.850. The van der Waals surface area contributed by atoms with E-state index in [2.05, 4.69) is 55.6 Å². The molecule has 0 amide bonds. The first-order chi connectivity index (χ1) is 9.99. The van der Waals surface area contributed by atoms with E-state index < -0.39 is 0 Å². The van der Waals surface area contributed by atoms with Crippen molar-refractivity contribution in [1.29, 1.82) is 0 Å². The fourth-order valence-electron chi connectivity index (χ4n) is 2.43. The Morgan fingerprint density at radius 1 is 1.10 bits per heavy atom. The smallest absolute Gasteiger partial charge is 0.0825 e. The van der Waals surface area contributed by atoms with Crippen molar-refractivity contribution in [2.45, 2.75) is 60.7 Å². The second-order valence-electron chi connectivity index (χ2n) is 6.10. The Morgan fingerprint density at radius 2 is 1.81 bits per heavy atom. The first kappa shape index (κ1) is 15.6. The number of hydrogen-bond donors (Lipinski definition) is 1. The fourth-order valence-corrected chi connectivity index (χ4v) is 2.43. The highest BCUT2D eigenvalue weighted by atomic mass is 15.3. The molecule has 2 heterocycles. The number of nitrogens with one attached hydrogen (secondary N) is 1. The molecule has 0 atom stereocenters. The highest BCUT2D eigenvalue weighted by molar-refractivity contribution is 5.46. The van der Waals surface area contributed by atoms with Crippen molar-refractivity contribution in [2.24, 2.45) is 5.92 Å². The van der Waals surface area contributed by atoms with Crippen molar-refractivity contribution in [3.05, 3.63) is 29.3 Å². The molecule has 2 aromatic rings. The monoisotopic (exact) mass is 289 g/mol. The van der Waals surface area contributed by atoms with Gasteiger partial charge in [-0.1, -0.05) is 20.8 Å². The lowest BCUT2D eigenvalue weighted by Crippen LogP contribution is -2.04. The summed E-state index contributed by atoms with van der Waals surface area (Å²) in [7, 11) is 0. The van der Waals surface area contributed by atoms with Gasteiger partial charge >= 0.3 is 0 Å². The molecule has 0 aliphatic carbocycles. The maximum atomic E-state index is 4.55. The minimum Gasteiger partial charge on any atom is -0.378 e. The number of nitrogens with zero attached hydrogens (tertiary/aromatic N) is 4. The summed E-state index contributed by atoms with van der Waals surface area (Å²) in [6.45, 7) is 13.4. The molecule has 0 aromatic carbocycles. The Bertz CT molecular complexity index is 580. The predicted molar refractivity (Wildman–Crippen MR) is 86.4 cm³/mol. The largest absolute Gasteiger partial charge is 0.378 e. The van der Waals surface area contributed by atoms with Gasteiger partial charge in [0.05, 0.1) is 17.1 Å². The van der Waals surface area contributed by atoms with Crippen LogP contribution in [0.3, 0.4) is 0 Å². The Kier molecular flexibility index (Phi) is 5.04. The molecular formula is C16H27N5. The highest BCUT2D eigenvalue weighted by Crippen LogP contribution is 2.16. The van der Waals surface area contributed by atoms with Crippen LogP contribution in [0.15, 0.2) is 12.4 Å². The molecule has 0 spiro atoms. The van der Waals surface area contributed by atoms with E-state index in [0.717, 1.165) is 43.1 Å². The molecule has 5 heteroatoms. The van der Waals surface area contributed by atoms with Crippen molar-refractivity contribution in [2.75, 3.05) is 5.32 Å². The van der Waals surface area contributed by atoms with E-state index in [1.807, 2.05) is 16.3 Å². The van der Waals surface area contributed by atoms with Crippen LogP contribution in [-0.2, 0) is 19.6 Å². The van der Waals surface area contributed by atoms with Crippen LogP contribution in [0.1, 0.15) is 44.1 Å². The summed E-state index contributed by atoms with van der Waals surface area (Å²) in [5, 5.41) is 12.6. The molecule has 5 nitrogen and oxygen atoms in total. The number of aromatic nitrogens is 4. The van der Waals surface area contributed by atoms with Gasteiger partial charge in [0, 0.05) is 37.6 Å². The van der Waals surface area contributed by atoms with Gasteiger partial charge in [-0.15, -0.1) is 0 Å². The first-order valence-corrected chi connectivity index (χ1v) is 7.80. The minimum atomic E-state index is 0.603. The van der Waals surface area contributed by atoms with Gasteiger partial charge in [0.1, 0.15) is 0 Å². The fraction of sp³-hybridized carbons (Fsp3) is 0.625. The summed E-state index contributed by atoms with van der Waals surface area (Å²) >= 11 is 0. The molecule has 0 bridgehead atoms. The van der Waals surface area contributed by atoms with E-state index in [9.17, 15) is 0 Å². The molecule has 21 heavy (non-hydrogen) atoms. The highest BCUT2D eigenvalue weighted by Gasteiger charge is 2.08. The van der Waals surface area contributed by atoms with E-state index >= 15 is 0 Å². The second kappa shape index (κ2) is 6.78. The van der Waals surface area contributed by atoms with Crippen molar-refractivity contribution in [3.8, 4) is 0 Å². The van der Waals surface area contributed by atoms with Crippen LogP contribution in [0.4, 0.5) is 5.69 Å². The van der Waals surface area contributed by atoms with Crippen LogP contribution in [-0.4, -0.2) is 19.6 Å². The summed E-state index contributed by atoms with van der Waals surface area (Å²) in [5.74, 6) is 0.603. The van der Waals surface area contributed by atoms with Crippen LogP contribution < -0.4 is 5.32 Å². The molecule has 116 valence electrons. The third-order valence-corrected chi connectivity index (χ3v) is 3.47. The van der Waals surface area contributed by atoms with E-state index in [0.29, 0.717) is 5.92 Å². The van der Waals surface area contributed by atoms with E-state index in [1.165, 1.54) is 5.56 Å². The summed E-state index contributed by atoms with van der Waals surface area (Å²) in [6, 6.07) is 0. The van der Waals surface area contributed by atoms with Gasteiger partial charge in [-0.05, 0) is 26.2 Å². The van der Waals surface area contributed by atoms with Gasteiger partial charge in [0.2, 0.25) is 0 Å². The van der Waals surface area contributed by atoms with Crippen molar-refractivity contribution in [3.63, 3.8) is 0 Å². The van der Waals surface area contributed by atoms with Gasteiger partial charge in [-0.2, -0.15) is 10.2 Å². The van der Waals surface area contributed by atoms with Crippen LogP contribution >= 0.6 is 0 Å². The van der Waals surface area contributed by atoms with Crippen molar-refractivity contribution < 1.29 is 0 Å². The maximum absolute atomic E-state index is 4.55. The Balaban J connectivity index is 2.01. The number of rotatable bonds is 7. The summed E-state index contributed by atoms with van der Waals surface area (Å²) in [4.78, 5) is 0. The van der Waals surface area contributed by atoms with E-state index in [1.54, 1.807) is 0 Å². The summed E-state index contributed by atoms with van der Waals surface area (Å²) in [5.41, 5.74) is 4.51. The Labute approximate surface area is 127 Å². The maximum Gasteiger partial charge on any atom is 0.0825 e. The average Bonchev–Trinajstić information content (AvgIpc) is 2.90. The third-order valence-electron chi connectivity index (χ3n) is 3.47. The number of anilines is 1. The summed E-state index contributed by atoms with van der Waals surface area (Å²) in [6.07, 6.45) is 5.34. The zero-order valence-corrected chi connectivity index (χ0v) is 13.8. The lowest BCUT2D eigenvalue weighted by Gasteiger charge is -2.04. The van der Waals surface area contributed by atoms with Gasteiger partial charge < -0.3 is 5.32 Å². The van der Waals surface area contributed by atoms with Gasteiger partial charge in [-0.3, -0.25) is 9.36 Å². The molecule has 2 aromatic heterocycles. The zero-order valence-electron chi connectivity index (χ0n) is 13.8. The minimum absolute atomic E-state index is 0.603. The molecule has 0 radical (unpaired) electrons. The van der Waals surface area contributed by atoms with Crippen LogP contribution in [0.25, 0.3) is 0 Å². The first-order valence-electron chi connectivity index (χ1n) is 7.80. The third kappa shape index (κ3) is 4.09. The SMILES string of the molecule is CCCn1cc(CNc2cn(CC(C)C)nc2C)c(C)n1. The Morgan fingerprint density at radius 3 is 2.48 bits per heavy atom. The number of hydrogen-bond acceptors (Lipinski definition) is 3. The number of aryl methyl sites for hydroxylation is 3. The van der Waals surface area contributed by atoms with Gasteiger partial charge in [-0.25, -0.2) is 0 Å². The molecule has 0 fully saturated rings. The zero-order chi connectivity index (χ0) is 15.4. The van der Waals surface area contributed by atoms with Crippen LogP contribution in [0.5, 0.6) is 0 Å². The lowest BCUT2D eigenvalue weighted by molar-refractivity contribution is 0.481. The van der Waals surface area contributed by atoms with Gasteiger partial charge in [0.15, 0.2) is 0 Å². The molecule has 0 aliphatic rings. The standard InChI is InChI=1S/C16H27N5/c1-6-7-20-10-15(13(4)18-20)8-17-16-11-21(9-12(2)3)19-14(16)5/h10-12,17H,6-9H2,1-5H3. The van der Waals surface area contributed by atoms with Gasteiger partial charge in [0.25, 0.3) is 0 Å². The van der Waals surface area contributed by atoms with Crippen LogP contribution in [0, 0.1) is 19.8 Å². The molecule has 0 saturated carbocycles.